The summed E-state index contributed by atoms with van der Waals surface area (Å²) in [6.45, 7) is 6.88. The highest BCUT2D eigenvalue weighted by atomic mass is 35.5. The minimum absolute atomic E-state index is 0.432. The molecule has 1 aromatic rings. The van der Waals surface area contributed by atoms with Gasteiger partial charge in [-0.25, -0.2) is 4.98 Å². The predicted molar refractivity (Wildman–Crippen MR) is 61.3 cm³/mol. The Morgan fingerprint density at radius 3 is 2.73 bits per heavy atom. The topological polar surface area (TPSA) is 35.0 Å². The molecule has 0 aliphatic carbocycles. The second-order valence-electron chi connectivity index (χ2n) is 3.96. The van der Waals surface area contributed by atoms with Crippen LogP contribution in [-0.2, 0) is 0 Å². The maximum Gasteiger partial charge on any atom is 0.218 e. The maximum atomic E-state index is 5.78. The molecular formula is C11H17ClN2O. The molecular weight excluding hydrogens is 212 g/mol. The van der Waals surface area contributed by atoms with Gasteiger partial charge in [0.2, 0.25) is 5.88 Å². The smallest absolute Gasteiger partial charge is 0.218 e. The van der Waals surface area contributed by atoms with Crippen molar-refractivity contribution in [2.75, 3.05) is 6.61 Å². The third-order valence-corrected chi connectivity index (χ3v) is 2.15. The van der Waals surface area contributed by atoms with Crippen molar-refractivity contribution >= 4 is 11.6 Å². The van der Waals surface area contributed by atoms with Crippen molar-refractivity contribution in [3.8, 4) is 5.88 Å². The fourth-order valence-electron chi connectivity index (χ4n) is 1.25. The molecule has 1 heterocycles. The molecule has 0 spiro atoms. The summed E-state index contributed by atoms with van der Waals surface area (Å²) < 4.78 is 5.48. The third kappa shape index (κ3) is 4.98. The van der Waals surface area contributed by atoms with Crippen molar-refractivity contribution in [1.82, 2.24) is 9.97 Å². The van der Waals surface area contributed by atoms with E-state index >= 15 is 0 Å². The Bertz CT molecular complexity index is 295. The van der Waals surface area contributed by atoms with Crippen molar-refractivity contribution in [2.45, 2.75) is 33.6 Å². The Labute approximate surface area is 95.8 Å². The second kappa shape index (κ2) is 5.91. The van der Waals surface area contributed by atoms with E-state index in [1.54, 1.807) is 13.0 Å². The van der Waals surface area contributed by atoms with E-state index in [0.717, 1.165) is 12.8 Å². The zero-order valence-electron chi connectivity index (χ0n) is 9.46. The molecule has 0 radical (unpaired) electrons. The van der Waals surface area contributed by atoms with E-state index in [-0.39, 0.29) is 0 Å². The molecule has 1 rings (SSSR count). The standard InChI is InChI=1S/C11H17ClN2O/c1-8(2)5-4-6-15-11-7-10(12)13-9(3)14-11/h7-8H,4-6H2,1-3H3. The number of nitrogens with zero attached hydrogens (tertiary/aromatic N) is 2. The highest BCUT2D eigenvalue weighted by Gasteiger charge is 2.01. The quantitative estimate of drug-likeness (QED) is 0.573. The lowest BCUT2D eigenvalue weighted by atomic mass is 10.1. The molecule has 0 aliphatic heterocycles. The molecule has 0 aromatic carbocycles. The molecule has 0 fully saturated rings. The summed E-state index contributed by atoms with van der Waals surface area (Å²) in [5.41, 5.74) is 0. The van der Waals surface area contributed by atoms with E-state index in [1.807, 2.05) is 0 Å². The van der Waals surface area contributed by atoms with Crippen LogP contribution < -0.4 is 4.74 Å². The lowest BCUT2D eigenvalue weighted by molar-refractivity contribution is 0.286. The number of aromatic nitrogens is 2. The van der Waals surface area contributed by atoms with Gasteiger partial charge in [0.05, 0.1) is 6.61 Å². The first-order chi connectivity index (χ1) is 7.08. The summed E-state index contributed by atoms with van der Waals surface area (Å²) in [4.78, 5) is 8.10. The van der Waals surface area contributed by atoms with Gasteiger partial charge >= 0.3 is 0 Å². The summed E-state index contributed by atoms with van der Waals surface area (Å²) in [6, 6.07) is 1.64. The van der Waals surface area contributed by atoms with E-state index in [4.69, 9.17) is 16.3 Å². The largest absolute Gasteiger partial charge is 0.478 e. The van der Waals surface area contributed by atoms with E-state index in [9.17, 15) is 0 Å². The summed E-state index contributed by atoms with van der Waals surface area (Å²) >= 11 is 5.78. The van der Waals surface area contributed by atoms with Gasteiger partial charge in [-0.1, -0.05) is 25.4 Å². The monoisotopic (exact) mass is 228 g/mol. The van der Waals surface area contributed by atoms with Gasteiger partial charge in [0, 0.05) is 6.07 Å². The van der Waals surface area contributed by atoms with Gasteiger partial charge < -0.3 is 4.74 Å². The molecule has 0 bridgehead atoms. The van der Waals surface area contributed by atoms with Gasteiger partial charge in [-0.2, -0.15) is 4.98 Å². The molecule has 15 heavy (non-hydrogen) atoms. The van der Waals surface area contributed by atoms with Crippen LogP contribution in [0.3, 0.4) is 0 Å². The zero-order valence-corrected chi connectivity index (χ0v) is 10.2. The summed E-state index contributed by atoms with van der Waals surface area (Å²) in [5.74, 6) is 1.92. The molecule has 0 atom stereocenters. The van der Waals surface area contributed by atoms with Crippen molar-refractivity contribution < 1.29 is 4.74 Å². The van der Waals surface area contributed by atoms with Crippen LogP contribution in [0.1, 0.15) is 32.5 Å². The average molecular weight is 229 g/mol. The molecule has 3 nitrogen and oxygen atoms in total. The Kier molecular flexibility index (Phi) is 4.82. The third-order valence-electron chi connectivity index (χ3n) is 1.96. The van der Waals surface area contributed by atoms with Gasteiger partial charge in [-0.3, -0.25) is 0 Å². The van der Waals surface area contributed by atoms with Gasteiger partial charge in [0.15, 0.2) is 0 Å². The van der Waals surface area contributed by atoms with Crippen molar-refractivity contribution in [3.63, 3.8) is 0 Å². The molecule has 0 saturated carbocycles. The number of ether oxygens (including phenoxy) is 1. The second-order valence-corrected chi connectivity index (χ2v) is 4.35. The lowest BCUT2D eigenvalue weighted by Gasteiger charge is -2.07. The van der Waals surface area contributed by atoms with E-state index < -0.39 is 0 Å². The Morgan fingerprint density at radius 1 is 1.40 bits per heavy atom. The van der Waals surface area contributed by atoms with Gasteiger partial charge in [0.1, 0.15) is 11.0 Å². The van der Waals surface area contributed by atoms with Crippen LogP contribution >= 0.6 is 11.6 Å². The minimum atomic E-state index is 0.432. The lowest BCUT2D eigenvalue weighted by Crippen LogP contribution is -2.02. The van der Waals surface area contributed by atoms with Crippen LogP contribution in [0.15, 0.2) is 6.07 Å². The van der Waals surface area contributed by atoms with Crippen molar-refractivity contribution in [3.05, 3.63) is 17.0 Å². The van der Waals surface area contributed by atoms with Crippen LogP contribution in [-0.4, -0.2) is 16.6 Å². The fourth-order valence-corrected chi connectivity index (χ4v) is 1.46. The Balaban J connectivity index is 2.37. The Morgan fingerprint density at radius 2 is 2.13 bits per heavy atom. The molecule has 1 aromatic heterocycles. The number of hydrogen-bond acceptors (Lipinski definition) is 3. The molecule has 0 aliphatic rings. The highest BCUT2D eigenvalue weighted by molar-refractivity contribution is 6.29. The van der Waals surface area contributed by atoms with Crippen LogP contribution in [0.25, 0.3) is 0 Å². The van der Waals surface area contributed by atoms with Gasteiger partial charge in [-0.05, 0) is 25.7 Å². The van der Waals surface area contributed by atoms with Crippen LogP contribution in [0.2, 0.25) is 5.15 Å². The van der Waals surface area contributed by atoms with Gasteiger partial charge in [0.25, 0.3) is 0 Å². The number of aryl methyl sites for hydroxylation is 1. The molecule has 4 heteroatoms. The molecule has 0 unspecified atom stereocenters. The van der Waals surface area contributed by atoms with E-state index in [2.05, 4.69) is 23.8 Å². The number of hydrogen-bond donors (Lipinski definition) is 0. The minimum Gasteiger partial charge on any atom is -0.478 e. The summed E-state index contributed by atoms with van der Waals surface area (Å²) in [5, 5.41) is 0.432. The number of rotatable bonds is 5. The first kappa shape index (κ1) is 12.2. The van der Waals surface area contributed by atoms with Crippen LogP contribution in [0, 0.1) is 12.8 Å². The molecule has 0 N–H and O–H groups in total. The molecule has 0 saturated heterocycles. The Hall–Kier alpha value is -0.830. The summed E-state index contributed by atoms with van der Waals surface area (Å²) in [7, 11) is 0. The average Bonchev–Trinajstić information content (AvgIpc) is 2.10. The normalized spacial score (nSPS) is 10.7. The SMILES string of the molecule is Cc1nc(Cl)cc(OCCCC(C)C)n1. The first-order valence-corrected chi connectivity index (χ1v) is 5.59. The van der Waals surface area contributed by atoms with Crippen LogP contribution in [0.4, 0.5) is 0 Å². The first-order valence-electron chi connectivity index (χ1n) is 5.22. The van der Waals surface area contributed by atoms with E-state index in [1.165, 1.54) is 0 Å². The van der Waals surface area contributed by atoms with Crippen LogP contribution in [0.5, 0.6) is 5.88 Å². The van der Waals surface area contributed by atoms with Crippen molar-refractivity contribution in [1.29, 1.82) is 0 Å². The zero-order chi connectivity index (χ0) is 11.3. The number of halogens is 1. The predicted octanol–water partition coefficient (Wildman–Crippen LogP) is 3.25. The van der Waals surface area contributed by atoms with Crippen molar-refractivity contribution in [2.24, 2.45) is 5.92 Å². The fraction of sp³-hybridized carbons (Fsp3) is 0.636. The summed E-state index contributed by atoms with van der Waals surface area (Å²) in [6.07, 6.45) is 2.20. The maximum absolute atomic E-state index is 5.78. The molecule has 84 valence electrons. The molecule has 0 amide bonds. The van der Waals surface area contributed by atoms with E-state index in [0.29, 0.717) is 29.4 Å². The highest BCUT2D eigenvalue weighted by Crippen LogP contribution is 2.14. The van der Waals surface area contributed by atoms with Gasteiger partial charge in [-0.15, -0.1) is 0 Å².